The summed E-state index contributed by atoms with van der Waals surface area (Å²) in [6, 6.07) is 0. The number of carboxylic acids is 1. The number of aliphatic hydroxyl groups is 2. The number of carboxylic acid groups (broad SMARTS) is 1. The number of hydrogen-bond donors (Lipinski definition) is 3. The van der Waals surface area contributed by atoms with Crippen LogP contribution in [0.2, 0.25) is 0 Å². The Morgan fingerprint density at radius 1 is 1.06 bits per heavy atom. The minimum absolute atomic E-state index is 0.557. The summed E-state index contributed by atoms with van der Waals surface area (Å²) in [6.45, 7) is 1.11. The van der Waals surface area contributed by atoms with E-state index in [0.29, 0.717) is 13.1 Å². The van der Waals surface area contributed by atoms with E-state index in [9.17, 15) is 9.59 Å². The van der Waals surface area contributed by atoms with Crippen LogP contribution in [0.25, 0.3) is 0 Å². The molecule has 2 atom stereocenters. The molecule has 7 heteroatoms. The van der Waals surface area contributed by atoms with E-state index in [2.05, 4.69) is 0 Å². The van der Waals surface area contributed by atoms with E-state index in [1.54, 1.807) is 0 Å². The molecule has 2 unspecified atom stereocenters. The summed E-state index contributed by atoms with van der Waals surface area (Å²) in [5, 5.41) is 27.8. The quantitative estimate of drug-likeness (QED) is 0.556. The zero-order valence-corrected chi connectivity index (χ0v) is 8.70. The van der Waals surface area contributed by atoms with Crippen LogP contribution in [-0.2, 0) is 14.4 Å². The van der Waals surface area contributed by atoms with E-state index in [4.69, 9.17) is 20.2 Å². The van der Waals surface area contributed by atoms with Crippen LogP contribution in [0.1, 0.15) is 19.3 Å². The summed E-state index contributed by atoms with van der Waals surface area (Å²) in [5.41, 5.74) is 0. The summed E-state index contributed by atoms with van der Waals surface area (Å²) in [7, 11) is 0. The molecule has 1 heterocycles. The van der Waals surface area contributed by atoms with Gasteiger partial charge in [0, 0.05) is 13.1 Å². The highest BCUT2D eigenvalue weighted by atomic mass is 16.7. The Hall–Kier alpha value is -1.18. The van der Waals surface area contributed by atoms with Crippen molar-refractivity contribution in [2.75, 3.05) is 13.1 Å². The van der Waals surface area contributed by atoms with E-state index >= 15 is 0 Å². The number of hydrogen-bond acceptors (Lipinski definition) is 6. The second kappa shape index (κ2) is 5.78. The molecule has 0 radical (unpaired) electrons. The molecule has 0 saturated carbocycles. The van der Waals surface area contributed by atoms with Gasteiger partial charge in [-0.3, -0.25) is 0 Å². The Balaban J connectivity index is 2.41. The minimum Gasteiger partial charge on any atom is -0.479 e. The maximum absolute atomic E-state index is 11.2. The predicted octanol–water partition coefficient (Wildman–Crippen LogP) is -1.26. The Kier molecular flexibility index (Phi) is 4.66. The number of nitrogens with zero attached hydrogens (tertiary/aromatic N) is 1. The molecule has 0 aromatic carbocycles. The van der Waals surface area contributed by atoms with Crippen molar-refractivity contribution in [2.24, 2.45) is 0 Å². The topological polar surface area (TPSA) is 107 Å². The first-order valence-electron chi connectivity index (χ1n) is 5.08. The van der Waals surface area contributed by atoms with Gasteiger partial charge >= 0.3 is 11.9 Å². The van der Waals surface area contributed by atoms with Gasteiger partial charge in [-0.2, -0.15) is 0 Å². The third kappa shape index (κ3) is 3.44. The number of hydroxylamine groups is 2. The zero-order chi connectivity index (χ0) is 12.1. The third-order valence-electron chi connectivity index (χ3n) is 2.33. The lowest BCUT2D eigenvalue weighted by Crippen LogP contribution is -2.44. The van der Waals surface area contributed by atoms with E-state index in [-0.39, 0.29) is 0 Å². The van der Waals surface area contributed by atoms with Crippen LogP contribution in [0.3, 0.4) is 0 Å². The zero-order valence-electron chi connectivity index (χ0n) is 8.70. The molecule has 16 heavy (non-hydrogen) atoms. The molecule has 0 aromatic rings. The standard InChI is InChI=1S/C9H15NO6/c11-6(8(13)14)7(12)9(15)16-10-4-2-1-3-5-10/h6-7,11-12H,1-5H2,(H,13,14). The Labute approximate surface area is 92.2 Å². The fourth-order valence-electron chi connectivity index (χ4n) is 1.40. The largest absolute Gasteiger partial charge is 0.479 e. The highest BCUT2D eigenvalue weighted by Gasteiger charge is 2.33. The van der Waals surface area contributed by atoms with E-state index in [0.717, 1.165) is 19.3 Å². The van der Waals surface area contributed by atoms with Crippen LogP contribution in [0.4, 0.5) is 0 Å². The van der Waals surface area contributed by atoms with Gasteiger partial charge in [-0.05, 0) is 12.8 Å². The molecule has 7 nitrogen and oxygen atoms in total. The fourth-order valence-corrected chi connectivity index (χ4v) is 1.40. The Morgan fingerprint density at radius 2 is 1.62 bits per heavy atom. The van der Waals surface area contributed by atoms with Crippen molar-refractivity contribution in [1.29, 1.82) is 0 Å². The lowest BCUT2D eigenvalue weighted by molar-refractivity contribution is -0.210. The van der Waals surface area contributed by atoms with Gasteiger partial charge in [-0.15, -0.1) is 5.06 Å². The van der Waals surface area contributed by atoms with Gasteiger partial charge in [0.15, 0.2) is 12.2 Å². The number of piperidine rings is 1. The Morgan fingerprint density at radius 3 is 2.12 bits per heavy atom. The van der Waals surface area contributed by atoms with Gasteiger partial charge in [0.2, 0.25) is 0 Å². The number of rotatable bonds is 4. The van der Waals surface area contributed by atoms with Crippen molar-refractivity contribution in [3.05, 3.63) is 0 Å². The van der Waals surface area contributed by atoms with Crippen molar-refractivity contribution in [2.45, 2.75) is 31.5 Å². The summed E-state index contributed by atoms with van der Waals surface area (Å²) in [6.07, 6.45) is -1.40. The SMILES string of the molecule is O=C(O)C(O)C(O)C(=O)ON1CCCCC1. The molecule has 1 rings (SSSR count). The molecular formula is C9H15NO6. The van der Waals surface area contributed by atoms with Gasteiger partial charge in [0.1, 0.15) is 0 Å². The van der Waals surface area contributed by atoms with Crippen molar-refractivity contribution >= 4 is 11.9 Å². The normalized spacial score (nSPS) is 21.1. The molecule has 0 aromatic heterocycles. The fraction of sp³-hybridized carbons (Fsp3) is 0.778. The second-order valence-corrected chi connectivity index (χ2v) is 3.63. The van der Waals surface area contributed by atoms with Crippen molar-refractivity contribution < 1.29 is 29.7 Å². The smallest absolute Gasteiger partial charge is 0.357 e. The van der Waals surface area contributed by atoms with E-state index < -0.39 is 24.1 Å². The molecule has 0 spiro atoms. The number of aliphatic carboxylic acids is 1. The average Bonchev–Trinajstić information content (AvgIpc) is 2.28. The van der Waals surface area contributed by atoms with Crippen molar-refractivity contribution in [3.8, 4) is 0 Å². The lowest BCUT2D eigenvalue weighted by atomic mass is 10.2. The van der Waals surface area contributed by atoms with Gasteiger partial charge < -0.3 is 20.2 Å². The maximum atomic E-state index is 11.2. The van der Waals surface area contributed by atoms with Crippen LogP contribution >= 0.6 is 0 Å². The Bertz CT molecular complexity index is 263. The lowest BCUT2D eigenvalue weighted by Gasteiger charge is -2.26. The first kappa shape index (κ1) is 12.9. The summed E-state index contributed by atoms with van der Waals surface area (Å²) < 4.78 is 0. The van der Waals surface area contributed by atoms with Gasteiger partial charge in [-0.1, -0.05) is 6.42 Å². The van der Waals surface area contributed by atoms with Crippen LogP contribution in [0, 0.1) is 0 Å². The van der Waals surface area contributed by atoms with Crippen molar-refractivity contribution in [1.82, 2.24) is 5.06 Å². The first-order valence-corrected chi connectivity index (χ1v) is 5.08. The molecule has 0 amide bonds. The summed E-state index contributed by atoms with van der Waals surface area (Å²) >= 11 is 0. The minimum atomic E-state index is -2.16. The molecule has 1 fully saturated rings. The summed E-state index contributed by atoms with van der Waals surface area (Å²) in [4.78, 5) is 26.3. The predicted molar refractivity (Wildman–Crippen MR) is 51.2 cm³/mol. The number of carbonyl (C=O) groups is 2. The molecule has 0 aliphatic carbocycles. The van der Waals surface area contributed by atoms with Crippen LogP contribution in [0.5, 0.6) is 0 Å². The van der Waals surface area contributed by atoms with Gasteiger partial charge in [-0.25, -0.2) is 9.59 Å². The summed E-state index contributed by atoms with van der Waals surface area (Å²) in [5.74, 6) is -2.81. The molecule has 3 N–H and O–H groups in total. The van der Waals surface area contributed by atoms with Crippen molar-refractivity contribution in [3.63, 3.8) is 0 Å². The number of aliphatic hydroxyl groups excluding tert-OH is 2. The maximum Gasteiger partial charge on any atom is 0.357 e. The third-order valence-corrected chi connectivity index (χ3v) is 2.33. The highest BCUT2D eigenvalue weighted by Crippen LogP contribution is 2.10. The second-order valence-electron chi connectivity index (χ2n) is 3.63. The van der Waals surface area contributed by atoms with Gasteiger partial charge in [0.05, 0.1) is 0 Å². The molecule has 1 aliphatic heterocycles. The molecular weight excluding hydrogens is 218 g/mol. The highest BCUT2D eigenvalue weighted by molar-refractivity contribution is 5.84. The van der Waals surface area contributed by atoms with Crippen LogP contribution in [-0.4, -0.2) is 57.6 Å². The molecule has 1 saturated heterocycles. The van der Waals surface area contributed by atoms with E-state index in [1.165, 1.54) is 5.06 Å². The average molecular weight is 233 g/mol. The first-order chi connectivity index (χ1) is 7.52. The monoisotopic (exact) mass is 233 g/mol. The molecule has 92 valence electrons. The van der Waals surface area contributed by atoms with Gasteiger partial charge in [0.25, 0.3) is 0 Å². The molecule has 1 aliphatic rings. The van der Waals surface area contributed by atoms with E-state index in [1.807, 2.05) is 0 Å². The van der Waals surface area contributed by atoms with Crippen LogP contribution in [0.15, 0.2) is 0 Å². The van der Waals surface area contributed by atoms with Crippen LogP contribution < -0.4 is 0 Å². The number of carbonyl (C=O) groups excluding carboxylic acids is 1. The molecule has 0 bridgehead atoms.